The van der Waals surface area contributed by atoms with Gasteiger partial charge in [0.25, 0.3) is 0 Å². The zero-order valence-electron chi connectivity index (χ0n) is 43.5. The van der Waals surface area contributed by atoms with E-state index in [2.05, 4.69) is 280 Å². The molecule has 11 aromatic carbocycles. The van der Waals surface area contributed by atoms with Gasteiger partial charge < -0.3 is 18.6 Å². The highest BCUT2D eigenvalue weighted by molar-refractivity contribution is 6.12. The van der Waals surface area contributed by atoms with Crippen LogP contribution < -0.4 is 9.80 Å². The van der Waals surface area contributed by atoms with Crippen LogP contribution in [-0.4, -0.2) is 0 Å². The number of hydrogen-bond acceptors (Lipinski definition) is 4. The molecule has 368 valence electrons. The van der Waals surface area contributed by atoms with Gasteiger partial charge in [-0.15, -0.1) is 0 Å². The molecule has 77 heavy (non-hydrogen) atoms. The normalized spacial score (nSPS) is 13.2. The molecular weight excluding hydrogens is 937 g/mol. The highest BCUT2D eigenvalue weighted by Gasteiger charge is 2.49. The Bertz CT molecular complexity index is 4310. The Balaban J connectivity index is 1.03. The minimum absolute atomic E-state index is 0.390. The summed E-state index contributed by atoms with van der Waals surface area (Å²) in [6.45, 7) is 9.02. The van der Waals surface area contributed by atoms with Gasteiger partial charge in [0, 0.05) is 44.3 Å². The van der Waals surface area contributed by atoms with Gasteiger partial charge in [0.1, 0.15) is 11.2 Å². The molecule has 1 spiro atoms. The Morgan fingerprint density at radius 1 is 0.338 bits per heavy atom. The van der Waals surface area contributed by atoms with Crippen molar-refractivity contribution in [1.29, 1.82) is 0 Å². The summed E-state index contributed by atoms with van der Waals surface area (Å²) in [6.07, 6.45) is 4.68. The van der Waals surface area contributed by atoms with Gasteiger partial charge in [-0.25, -0.2) is 0 Å². The van der Waals surface area contributed by atoms with E-state index in [1.54, 1.807) is 0 Å². The largest absolute Gasteiger partial charge is 0.454 e. The van der Waals surface area contributed by atoms with Crippen molar-refractivity contribution in [3.63, 3.8) is 0 Å². The molecule has 0 atom stereocenters. The molecule has 0 N–H and O–H groups in total. The third-order valence-electron chi connectivity index (χ3n) is 16.6. The summed E-state index contributed by atoms with van der Waals surface area (Å²) in [5.41, 5.74) is 21.1. The quantitative estimate of drug-likeness (QED) is 0.152. The number of benzene rings is 11. The van der Waals surface area contributed by atoms with Gasteiger partial charge in [-0.2, -0.15) is 0 Å². The standard InChI is InChI=1S/C73H54N2O2/c1-45(2)47-29-35-53(36-30-47)74(67-23-13-20-60-58-18-8-11-25-69(58)76-71(60)67)55-39-33-49-27-28-50-34-40-56(75(54-37-31-48(32-38-54)46(3)4)68-24-14-21-61-59-19-9-12-26-70(59)77-72(61)68)44-65(50)73(64(49)43-55)63-22-10-7-17-57(63)62-41-51-15-5-6-16-52(51)42-66(62)73/h5-46H,1-4H3. The fourth-order valence-corrected chi connectivity index (χ4v) is 12.9. The molecule has 0 saturated heterocycles. The second-order valence-electron chi connectivity index (χ2n) is 21.6. The smallest absolute Gasteiger partial charge is 0.159 e. The first-order chi connectivity index (χ1) is 37.8. The van der Waals surface area contributed by atoms with Gasteiger partial charge in [-0.1, -0.05) is 185 Å². The van der Waals surface area contributed by atoms with E-state index in [0.717, 1.165) is 89.1 Å². The molecule has 2 heterocycles. The van der Waals surface area contributed by atoms with E-state index < -0.39 is 5.41 Å². The van der Waals surface area contributed by atoms with Gasteiger partial charge >= 0.3 is 0 Å². The van der Waals surface area contributed by atoms with E-state index >= 15 is 0 Å². The lowest BCUT2D eigenvalue weighted by molar-refractivity contribution is 0.668. The molecule has 0 fully saturated rings. The third kappa shape index (κ3) is 6.84. The summed E-state index contributed by atoms with van der Waals surface area (Å²) in [4.78, 5) is 4.82. The monoisotopic (exact) mass is 990 g/mol. The van der Waals surface area contributed by atoms with Crippen LogP contribution in [0.15, 0.2) is 239 Å². The van der Waals surface area contributed by atoms with E-state index in [1.807, 2.05) is 0 Å². The molecule has 13 aromatic rings. The number of fused-ring (bicyclic) bond motifs is 16. The maximum absolute atomic E-state index is 6.88. The minimum Gasteiger partial charge on any atom is -0.454 e. The molecule has 15 rings (SSSR count). The van der Waals surface area contributed by atoms with E-state index in [4.69, 9.17) is 8.83 Å². The van der Waals surface area contributed by atoms with Crippen molar-refractivity contribution in [2.24, 2.45) is 0 Å². The number of para-hydroxylation sites is 4. The molecule has 2 aliphatic rings. The van der Waals surface area contributed by atoms with Crippen molar-refractivity contribution in [2.45, 2.75) is 44.9 Å². The van der Waals surface area contributed by atoms with Crippen LogP contribution in [0.2, 0.25) is 0 Å². The molecule has 0 radical (unpaired) electrons. The number of furan rings is 2. The first-order valence-electron chi connectivity index (χ1n) is 27.0. The van der Waals surface area contributed by atoms with Crippen molar-refractivity contribution in [2.75, 3.05) is 9.80 Å². The van der Waals surface area contributed by atoms with E-state index in [0.29, 0.717) is 11.8 Å². The van der Waals surface area contributed by atoms with Crippen LogP contribution in [0.5, 0.6) is 0 Å². The van der Waals surface area contributed by atoms with Gasteiger partial charge in [0.15, 0.2) is 11.2 Å². The number of nitrogens with zero attached hydrogens (tertiary/aromatic N) is 2. The zero-order chi connectivity index (χ0) is 51.5. The van der Waals surface area contributed by atoms with Crippen LogP contribution in [0.4, 0.5) is 34.1 Å². The van der Waals surface area contributed by atoms with Crippen molar-refractivity contribution < 1.29 is 8.83 Å². The fourth-order valence-electron chi connectivity index (χ4n) is 12.9. The van der Waals surface area contributed by atoms with Gasteiger partial charge in [-0.3, -0.25) is 0 Å². The minimum atomic E-state index is -0.784. The van der Waals surface area contributed by atoms with E-state index in [9.17, 15) is 0 Å². The molecule has 0 amide bonds. The second kappa shape index (κ2) is 17.3. The average Bonchev–Trinajstić information content (AvgIpc) is 4.32. The van der Waals surface area contributed by atoms with Gasteiger partial charge in [0.05, 0.1) is 16.8 Å². The zero-order valence-corrected chi connectivity index (χ0v) is 43.5. The molecule has 4 nitrogen and oxygen atoms in total. The molecule has 0 bridgehead atoms. The summed E-state index contributed by atoms with van der Waals surface area (Å²) in [7, 11) is 0. The van der Waals surface area contributed by atoms with Crippen LogP contribution >= 0.6 is 0 Å². The first kappa shape index (κ1) is 45.0. The molecular formula is C73H54N2O2. The number of rotatable bonds is 8. The SMILES string of the molecule is CC(C)c1ccc(N(c2ccc3c(c2)C2(c4cc(N(c5ccc(C(C)C)cc5)c5cccc6c5oc5ccccc56)ccc4C=C3)c3ccccc3-c3cc4ccccc4cc32)c2cccc3c2oc2ccccc23)cc1. The Hall–Kier alpha value is -9.38. The summed E-state index contributed by atoms with van der Waals surface area (Å²) in [6, 6.07) is 85.2. The predicted octanol–water partition coefficient (Wildman–Crippen LogP) is 20.7. The summed E-state index contributed by atoms with van der Waals surface area (Å²) in [5.74, 6) is 0.780. The maximum Gasteiger partial charge on any atom is 0.159 e. The number of anilines is 6. The van der Waals surface area contributed by atoms with Crippen molar-refractivity contribution >= 4 is 101 Å². The third-order valence-corrected chi connectivity index (χ3v) is 16.6. The lowest BCUT2D eigenvalue weighted by Gasteiger charge is -2.37. The van der Waals surface area contributed by atoms with Crippen LogP contribution in [0.3, 0.4) is 0 Å². The topological polar surface area (TPSA) is 32.8 Å². The van der Waals surface area contributed by atoms with Crippen LogP contribution in [0.1, 0.15) is 84.0 Å². The Labute approximate surface area is 448 Å². The molecule has 0 aliphatic heterocycles. The molecule has 0 unspecified atom stereocenters. The molecule has 2 aromatic heterocycles. The average molecular weight is 991 g/mol. The summed E-state index contributed by atoms with van der Waals surface area (Å²) in [5, 5.41) is 6.81. The van der Waals surface area contributed by atoms with E-state index in [1.165, 1.54) is 55.3 Å². The second-order valence-corrected chi connectivity index (χ2v) is 21.6. The fraction of sp³-hybridized carbons (Fsp3) is 0.0959. The van der Waals surface area contributed by atoms with Crippen LogP contribution in [0, 0.1) is 0 Å². The molecule has 4 heteroatoms. The number of hydrogen-bond donors (Lipinski definition) is 0. The van der Waals surface area contributed by atoms with Crippen LogP contribution in [0.25, 0.3) is 77.9 Å². The maximum atomic E-state index is 6.88. The summed E-state index contributed by atoms with van der Waals surface area (Å²) >= 11 is 0. The summed E-state index contributed by atoms with van der Waals surface area (Å²) < 4.78 is 13.8. The van der Waals surface area contributed by atoms with E-state index in [-0.39, 0.29) is 0 Å². The molecule has 0 saturated carbocycles. The first-order valence-corrected chi connectivity index (χ1v) is 27.0. The Morgan fingerprint density at radius 3 is 1.30 bits per heavy atom. The highest BCUT2D eigenvalue weighted by Crippen LogP contribution is 2.61. The Morgan fingerprint density at radius 2 is 0.779 bits per heavy atom. The predicted molar refractivity (Wildman–Crippen MR) is 322 cm³/mol. The van der Waals surface area contributed by atoms with Gasteiger partial charge in [-0.05, 0) is 163 Å². The van der Waals surface area contributed by atoms with Crippen molar-refractivity contribution in [3.05, 3.63) is 275 Å². The van der Waals surface area contributed by atoms with Crippen molar-refractivity contribution in [3.8, 4) is 11.1 Å². The van der Waals surface area contributed by atoms with Crippen molar-refractivity contribution in [1.82, 2.24) is 0 Å². The Kier molecular flexibility index (Phi) is 10.1. The molecule has 2 aliphatic carbocycles. The van der Waals surface area contributed by atoms with Crippen LogP contribution in [-0.2, 0) is 5.41 Å². The highest BCUT2D eigenvalue weighted by atomic mass is 16.3. The lowest BCUT2D eigenvalue weighted by Crippen LogP contribution is -2.30. The van der Waals surface area contributed by atoms with Gasteiger partial charge in [0.2, 0.25) is 0 Å². The lowest BCUT2D eigenvalue weighted by atomic mass is 9.65.